The van der Waals surface area contributed by atoms with Crippen molar-refractivity contribution in [3.05, 3.63) is 5.82 Å². The second-order valence-corrected chi connectivity index (χ2v) is 6.58. The zero-order chi connectivity index (χ0) is 15.5. The van der Waals surface area contributed by atoms with E-state index >= 15 is 0 Å². The molecule has 0 radical (unpaired) electrons. The summed E-state index contributed by atoms with van der Waals surface area (Å²) in [7, 11) is 3.84. The van der Waals surface area contributed by atoms with Crippen LogP contribution in [0.4, 0.5) is 11.9 Å². The van der Waals surface area contributed by atoms with E-state index < -0.39 is 0 Å². The lowest BCUT2D eigenvalue weighted by Crippen LogP contribution is -2.46. The van der Waals surface area contributed by atoms with E-state index in [1.807, 2.05) is 19.0 Å². The number of nitrogens with zero attached hydrogens (tertiary/aromatic N) is 6. The molecule has 0 aromatic carbocycles. The fourth-order valence-corrected chi connectivity index (χ4v) is 3.48. The number of piperidine rings is 1. The van der Waals surface area contributed by atoms with Gasteiger partial charge in [-0.05, 0) is 45.3 Å². The van der Waals surface area contributed by atoms with Crippen molar-refractivity contribution in [1.82, 2.24) is 24.8 Å². The summed E-state index contributed by atoms with van der Waals surface area (Å²) in [5, 5.41) is 0. The minimum Gasteiger partial charge on any atom is -0.368 e. The molecule has 0 amide bonds. The Labute approximate surface area is 132 Å². The Kier molecular flexibility index (Phi) is 4.73. The van der Waals surface area contributed by atoms with Crippen molar-refractivity contribution in [2.45, 2.75) is 38.3 Å². The molecule has 2 aliphatic rings. The normalized spacial score (nSPS) is 23.8. The third-order valence-electron chi connectivity index (χ3n) is 4.59. The van der Waals surface area contributed by atoms with Gasteiger partial charge < -0.3 is 10.6 Å². The molecule has 7 nitrogen and oxygen atoms in total. The average Bonchev–Trinajstić information content (AvgIpc) is 3.01. The van der Waals surface area contributed by atoms with Gasteiger partial charge in [-0.1, -0.05) is 0 Å². The van der Waals surface area contributed by atoms with Crippen LogP contribution in [-0.2, 0) is 6.54 Å². The zero-order valence-corrected chi connectivity index (χ0v) is 13.7. The molecule has 0 unspecified atom stereocenters. The maximum absolute atomic E-state index is 5.81. The van der Waals surface area contributed by atoms with Crippen LogP contribution in [0.1, 0.15) is 31.5 Å². The number of anilines is 2. The molecular weight excluding hydrogens is 278 g/mol. The first kappa shape index (κ1) is 15.4. The highest BCUT2D eigenvalue weighted by Crippen LogP contribution is 2.21. The Morgan fingerprint density at radius 2 is 1.86 bits per heavy atom. The molecule has 122 valence electrons. The topological polar surface area (TPSA) is 74.4 Å². The van der Waals surface area contributed by atoms with Gasteiger partial charge in [0.2, 0.25) is 11.9 Å². The van der Waals surface area contributed by atoms with Crippen LogP contribution in [-0.4, -0.2) is 71.1 Å². The predicted molar refractivity (Wildman–Crippen MR) is 87.7 cm³/mol. The Bertz CT molecular complexity index is 499. The van der Waals surface area contributed by atoms with Crippen molar-refractivity contribution in [2.75, 3.05) is 50.9 Å². The highest BCUT2D eigenvalue weighted by atomic mass is 15.3. The van der Waals surface area contributed by atoms with Crippen molar-refractivity contribution in [2.24, 2.45) is 0 Å². The van der Waals surface area contributed by atoms with Crippen molar-refractivity contribution in [1.29, 1.82) is 0 Å². The second kappa shape index (κ2) is 6.75. The summed E-state index contributed by atoms with van der Waals surface area (Å²) in [6, 6.07) is 0.698. The number of nitrogen functional groups attached to an aromatic ring is 1. The van der Waals surface area contributed by atoms with E-state index in [9.17, 15) is 0 Å². The highest BCUT2D eigenvalue weighted by Gasteiger charge is 2.27. The van der Waals surface area contributed by atoms with E-state index in [4.69, 9.17) is 5.73 Å². The molecule has 2 fully saturated rings. The Hall–Kier alpha value is -1.47. The lowest BCUT2D eigenvalue weighted by atomic mass is 10.0. The molecule has 22 heavy (non-hydrogen) atoms. The molecule has 3 rings (SSSR count). The van der Waals surface area contributed by atoms with Gasteiger partial charge in [-0.3, -0.25) is 9.80 Å². The maximum Gasteiger partial charge on any atom is 0.229 e. The third-order valence-corrected chi connectivity index (χ3v) is 4.59. The van der Waals surface area contributed by atoms with Crippen LogP contribution < -0.4 is 10.6 Å². The molecule has 1 aromatic heterocycles. The summed E-state index contributed by atoms with van der Waals surface area (Å²) in [6.45, 7) is 5.53. The van der Waals surface area contributed by atoms with Crippen LogP contribution in [0.25, 0.3) is 0 Å². The molecule has 2 saturated heterocycles. The van der Waals surface area contributed by atoms with Crippen molar-refractivity contribution >= 4 is 11.9 Å². The number of aromatic nitrogens is 3. The lowest BCUT2D eigenvalue weighted by Gasteiger charge is -2.37. The SMILES string of the molecule is CN(C)c1nc(N)nc(CN2CCC[C@H](N3CCCC3)C2)n1. The molecule has 2 N–H and O–H groups in total. The summed E-state index contributed by atoms with van der Waals surface area (Å²) in [4.78, 5) is 20.0. The summed E-state index contributed by atoms with van der Waals surface area (Å²) in [5.74, 6) is 1.72. The van der Waals surface area contributed by atoms with Crippen LogP contribution in [0.5, 0.6) is 0 Å². The smallest absolute Gasteiger partial charge is 0.229 e. The molecule has 1 aromatic rings. The van der Waals surface area contributed by atoms with Crippen LogP contribution >= 0.6 is 0 Å². The molecule has 7 heteroatoms. The van der Waals surface area contributed by atoms with E-state index in [0.717, 1.165) is 25.5 Å². The molecule has 0 spiro atoms. The molecular formula is C15H27N7. The average molecular weight is 305 g/mol. The number of likely N-dealkylation sites (tertiary alicyclic amines) is 2. The number of hydrogen-bond acceptors (Lipinski definition) is 7. The molecule has 3 heterocycles. The Morgan fingerprint density at radius 1 is 1.09 bits per heavy atom. The van der Waals surface area contributed by atoms with Crippen molar-refractivity contribution < 1.29 is 0 Å². The monoisotopic (exact) mass is 305 g/mol. The van der Waals surface area contributed by atoms with Gasteiger partial charge in [-0.2, -0.15) is 15.0 Å². The molecule has 2 aliphatic heterocycles. The van der Waals surface area contributed by atoms with Gasteiger partial charge >= 0.3 is 0 Å². The molecule has 1 atom stereocenters. The van der Waals surface area contributed by atoms with Crippen LogP contribution in [0, 0.1) is 0 Å². The van der Waals surface area contributed by atoms with Crippen molar-refractivity contribution in [3.63, 3.8) is 0 Å². The zero-order valence-electron chi connectivity index (χ0n) is 13.7. The van der Waals surface area contributed by atoms with Gasteiger partial charge in [0.25, 0.3) is 0 Å². The minimum absolute atomic E-state index is 0.307. The first-order valence-electron chi connectivity index (χ1n) is 8.26. The minimum atomic E-state index is 0.307. The second-order valence-electron chi connectivity index (χ2n) is 6.58. The van der Waals surface area contributed by atoms with Crippen LogP contribution in [0.2, 0.25) is 0 Å². The van der Waals surface area contributed by atoms with E-state index in [1.165, 1.54) is 38.8 Å². The van der Waals surface area contributed by atoms with Crippen LogP contribution in [0.15, 0.2) is 0 Å². The summed E-state index contributed by atoms with van der Waals surface area (Å²) >= 11 is 0. The van der Waals surface area contributed by atoms with Gasteiger partial charge in [0.05, 0.1) is 6.54 Å². The summed E-state index contributed by atoms with van der Waals surface area (Å²) in [6.07, 6.45) is 5.28. The largest absolute Gasteiger partial charge is 0.368 e. The van der Waals surface area contributed by atoms with Gasteiger partial charge in [0.15, 0.2) is 0 Å². The Morgan fingerprint density at radius 3 is 2.59 bits per heavy atom. The van der Waals surface area contributed by atoms with Gasteiger partial charge in [-0.15, -0.1) is 0 Å². The first-order valence-corrected chi connectivity index (χ1v) is 8.26. The standard InChI is InChI=1S/C15H27N7/c1-20(2)15-18-13(17-14(16)19-15)11-21-7-5-6-12(10-21)22-8-3-4-9-22/h12H,3-11H2,1-2H3,(H2,16,17,18,19)/t12-/m0/s1. The van der Waals surface area contributed by atoms with E-state index in [2.05, 4.69) is 24.8 Å². The lowest BCUT2D eigenvalue weighted by molar-refractivity contribution is 0.109. The fourth-order valence-electron chi connectivity index (χ4n) is 3.48. The molecule has 0 aliphatic carbocycles. The highest BCUT2D eigenvalue weighted by molar-refractivity contribution is 5.32. The summed E-state index contributed by atoms with van der Waals surface area (Å²) in [5.41, 5.74) is 5.81. The predicted octanol–water partition coefficient (Wildman–Crippen LogP) is 0.580. The van der Waals surface area contributed by atoms with Crippen LogP contribution in [0.3, 0.4) is 0 Å². The number of hydrogen-bond donors (Lipinski definition) is 1. The van der Waals surface area contributed by atoms with E-state index in [0.29, 0.717) is 17.9 Å². The number of nitrogens with two attached hydrogens (primary N) is 1. The first-order chi connectivity index (χ1) is 10.6. The maximum atomic E-state index is 5.81. The van der Waals surface area contributed by atoms with Crippen molar-refractivity contribution in [3.8, 4) is 0 Å². The van der Waals surface area contributed by atoms with Gasteiger partial charge in [0, 0.05) is 26.7 Å². The van der Waals surface area contributed by atoms with Gasteiger partial charge in [-0.25, -0.2) is 0 Å². The quantitative estimate of drug-likeness (QED) is 0.872. The fraction of sp³-hybridized carbons (Fsp3) is 0.800. The summed E-state index contributed by atoms with van der Waals surface area (Å²) < 4.78 is 0. The van der Waals surface area contributed by atoms with E-state index in [-0.39, 0.29) is 0 Å². The number of rotatable bonds is 4. The molecule has 0 saturated carbocycles. The van der Waals surface area contributed by atoms with Gasteiger partial charge in [0.1, 0.15) is 5.82 Å². The third kappa shape index (κ3) is 3.64. The van der Waals surface area contributed by atoms with E-state index in [1.54, 1.807) is 0 Å². The molecule has 0 bridgehead atoms. The Balaban J connectivity index is 1.64.